The van der Waals surface area contributed by atoms with Gasteiger partial charge in [-0.2, -0.15) is 5.10 Å². The van der Waals surface area contributed by atoms with Gasteiger partial charge in [0, 0.05) is 16.8 Å². The zero-order chi connectivity index (χ0) is 22.1. The lowest BCUT2D eigenvalue weighted by molar-refractivity contribution is -0.127. The lowest BCUT2D eigenvalue weighted by Gasteiger charge is -2.21. The van der Waals surface area contributed by atoms with Gasteiger partial charge in [-0.1, -0.05) is 0 Å². The Morgan fingerprint density at radius 3 is 2.47 bits per heavy atom. The standard InChI is InChI=1S/C21H25FN4O4/c1-12(18(27)23-20(29)24-21(2,3)4)30-19(28)17-15-6-5-7-16(15)26(25-17)14-10-8-13(22)9-11-14/h8-12H,5-7H2,1-4H3,(H2,23,24,27,29)/t12-/m1/s1. The number of rotatable bonds is 4. The number of halogens is 1. The van der Waals surface area contributed by atoms with Crippen LogP contribution in [0.4, 0.5) is 9.18 Å². The first kappa shape index (κ1) is 21.5. The van der Waals surface area contributed by atoms with Crippen molar-refractivity contribution in [1.29, 1.82) is 0 Å². The quantitative estimate of drug-likeness (QED) is 0.746. The molecule has 2 N–H and O–H groups in total. The molecule has 9 heteroatoms. The van der Waals surface area contributed by atoms with Crippen molar-refractivity contribution in [2.24, 2.45) is 0 Å². The van der Waals surface area contributed by atoms with E-state index >= 15 is 0 Å². The van der Waals surface area contributed by atoms with Crippen LogP contribution in [0.2, 0.25) is 0 Å². The zero-order valence-electron chi connectivity index (χ0n) is 17.4. The zero-order valence-corrected chi connectivity index (χ0v) is 17.4. The summed E-state index contributed by atoms with van der Waals surface area (Å²) >= 11 is 0. The average Bonchev–Trinajstić information content (AvgIpc) is 3.23. The van der Waals surface area contributed by atoms with E-state index < -0.39 is 29.6 Å². The molecule has 0 saturated heterocycles. The van der Waals surface area contributed by atoms with Gasteiger partial charge in [0.2, 0.25) is 0 Å². The van der Waals surface area contributed by atoms with Crippen LogP contribution in [0.1, 0.15) is 55.9 Å². The summed E-state index contributed by atoms with van der Waals surface area (Å²) in [7, 11) is 0. The minimum absolute atomic E-state index is 0.130. The van der Waals surface area contributed by atoms with Crippen molar-refractivity contribution in [3.63, 3.8) is 0 Å². The summed E-state index contributed by atoms with van der Waals surface area (Å²) in [4.78, 5) is 36.7. The monoisotopic (exact) mass is 416 g/mol. The summed E-state index contributed by atoms with van der Waals surface area (Å²) in [6, 6.07) is 5.15. The van der Waals surface area contributed by atoms with E-state index in [-0.39, 0.29) is 11.5 Å². The van der Waals surface area contributed by atoms with Crippen LogP contribution in [-0.2, 0) is 22.4 Å². The lowest BCUT2D eigenvalue weighted by Crippen LogP contribution is -2.50. The molecule has 0 saturated carbocycles. The van der Waals surface area contributed by atoms with Gasteiger partial charge in [0.25, 0.3) is 5.91 Å². The Balaban J connectivity index is 1.73. The van der Waals surface area contributed by atoms with E-state index in [1.54, 1.807) is 37.6 Å². The number of hydrogen-bond donors (Lipinski definition) is 2. The molecule has 0 radical (unpaired) electrons. The molecule has 1 aromatic heterocycles. The highest BCUT2D eigenvalue weighted by atomic mass is 19.1. The second kappa shape index (κ2) is 8.25. The highest BCUT2D eigenvalue weighted by molar-refractivity contribution is 5.98. The molecule has 0 fully saturated rings. The Kier molecular flexibility index (Phi) is 5.91. The first-order valence-electron chi connectivity index (χ1n) is 9.76. The summed E-state index contributed by atoms with van der Waals surface area (Å²) < 4.78 is 20.1. The number of carbonyl (C=O) groups is 3. The fourth-order valence-electron chi connectivity index (χ4n) is 3.25. The third-order valence-corrected chi connectivity index (χ3v) is 4.57. The number of carbonyl (C=O) groups excluding carboxylic acids is 3. The first-order chi connectivity index (χ1) is 14.0. The third kappa shape index (κ3) is 4.84. The molecule has 1 aliphatic rings. The van der Waals surface area contributed by atoms with Gasteiger partial charge in [-0.05, 0) is 71.2 Å². The number of nitrogens with zero attached hydrogens (tertiary/aromatic N) is 2. The largest absolute Gasteiger partial charge is 0.448 e. The van der Waals surface area contributed by atoms with Crippen molar-refractivity contribution in [3.8, 4) is 5.69 Å². The number of esters is 1. The number of benzene rings is 1. The van der Waals surface area contributed by atoms with Gasteiger partial charge in [-0.25, -0.2) is 18.7 Å². The van der Waals surface area contributed by atoms with E-state index in [4.69, 9.17) is 4.74 Å². The van der Waals surface area contributed by atoms with Crippen molar-refractivity contribution in [2.45, 2.75) is 58.6 Å². The molecular formula is C21H25FN4O4. The number of urea groups is 1. The van der Waals surface area contributed by atoms with Gasteiger partial charge in [0.15, 0.2) is 11.8 Å². The Labute approximate surface area is 173 Å². The van der Waals surface area contributed by atoms with Crippen LogP contribution in [-0.4, -0.2) is 39.3 Å². The Morgan fingerprint density at radius 2 is 1.83 bits per heavy atom. The highest BCUT2D eigenvalue weighted by Crippen LogP contribution is 2.28. The van der Waals surface area contributed by atoms with Crippen molar-refractivity contribution < 1.29 is 23.5 Å². The molecule has 1 aromatic carbocycles. The Bertz CT molecular complexity index is 976. The van der Waals surface area contributed by atoms with Crippen LogP contribution in [0.15, 0.2) is 24.3 Å². The fourth-order valence-corrected chi connectivity index (χ4v) is 3.25. The summed E-state index contributed by atoms with van der Waals surface area (Å²) in [5, 5.41) is 9.11. The SMILES string of the molecule is C[C@@H](OC(=O)c1nn(-c2ccc(F)cc2)c2c1CCC2)C(=O)NC(=O)NC(C)(C)C. The third-order valence-electron chi connectivity index (χ3n) is 4.57. The first-order valence-corrected chi connectivity index (χ1v) is 9.76. The van der Waals surface area contributed by atoms with Crippen LogP contribution < -0.4 is 10.6 Å². The number of hydrogen-bond acceptors (Lipinski definition) is 5. The van der Waals surface area contributed by atoms with E-state index in [0.29, 0.717) is 12.1 Å². The normalized spacial score (nSPS) is 14.0. The van der Waals surface area contributed by atoms with Crippen molar-refractivity contribution in [1.82, 2.24) is 20.4 Å². The fraction of sp³-hybridized carbons (Fsp3) is 0.429. The second-order valence-electron chi connectivity index (χ2n) is 8.26. The maximum Gasteiger partial charge on any atom is 0.359 e. The predicted molar refractivity (Wildman–Crippen MR) is 107 cm³/mol. The van der Waals surface area contributed by atoms with Crippen LogP contribution in [0.25, 0.3) is 5.69 Å². The number of aromatic nitrogens is 2. The minimum atomic E-state index is -1.18. The predicted octanol–water partition coefficient (Wildman–Crippen LogP) is 2.67. The van der Waals surface area contributed by atoms with Gasteiger partial charge < -0.3 is 10.1 Å². The Morgan fingerprint density at radius 1 is 1.17 bits per heavy atom. The molecule has 1 heterocycles. The molecule has 0 aliphatic heterocycles. The van der Waals surface area contributed by atoms with Crippen LogP contribution in [0, 0.1) is 5.82 Å². The number of nitrogens with one attached hydrogen (secondary N) is 2. The lowest BCUT2D eigenvalue weighted by atomic mass is 10.1. The molecule has 2 aromatic rings. The molecule has 1 atom stereocenters. The maximum absolute atomic E-state index is 13.2. The Hall–Kier alpha value is -3.23. The smallest absolute Gasteiger partial charge is 0.359 e. The molecule has 160 valence electrons. The van der Waals surface area contributed by atoms with Crippen LogP contribution in [0.5, 0.6) is 0 Å². The molecule has 0 unspecified atom stereocenters. The van der Waals surface area contributed by atoms with E-state index in [0.717, 1.165) is 24.1 Å². The van der Waals surface area contributed by atoms with E-state index in [1.165, 1.54) is 19.1 Å². The number of amides is 3. The topological polar surface area (TPSA) is 102 Å². The van der Waals surface area contributed by atoms with Crippen molar-refractivity contribution >= 4 is 17.9 Å². The van der Waals surface area contributed by atoms with E-state index in [2.05, 4.69) is 15.7 Å². The van der Waals surface area contributed by atoms with Gasteiger partial charge in [0.05, 0.1) is 5.69 Å². The van der Waals surface area contributed by atoms with Gasteiger partial charge in [0.1, 0.15) is 5.82 Å². The number of ether oxygens (including phenoxy) is 1. The highest BCUT2D eigenvalue weighted by Gasteiger charge is 2.30. The van der Waals surface area contributed by atoms with Gasteiger partial charge in [-0.15, -0.1) is 0 Å². The van der Waals surface area contributed by atoms with E-state index in [1.807, 2.05) is 0 Å². The summed E-state index contributed by atoms with van der Waals surface area (Å²) in [5.74, 6) is -1.84. The summed E-state index contributed by atoms with van der Waals surface area (Å²) in [5.41, 5.74) is 1.89. The van der Waals surface area contributed by atoms with E-state index in [9.17, 15) is 18.8 Å². The maximum atomic E-state index is 13.2. The average molecular weight is 416 g/mol. The minimum Gasteiger partial charge on any atom is -0.448 e. The molecule has 0 bridgehead atoms. The van der Waals surface area contributed by atoms with Gasteiger partial charge in [-0.3, -0.25) is 10.1 Å². The summed E-state index contributed by atoms with van der Waals surface area (Å²) in [6.45, 7) is 6.71. The molecule has 8 nitrogen and oxygen atoms in total. The number of imide groups is 1. The summed E-state index contributed by atoms with van der Waals surface area (Å²) in [6.07, 6.45) is 1.07. The van der Waals surface area contributed by atoms with Crippen LogP contribution >= 0.6 is 0 Å². The van der Waals surface area contributed by atoms with Crippen LogP contribution in [0.3, 0.4) is 0 Å². The molecular weight excluding hydrogens is 391 g/mol. The van der Waals surface area contributed by atoms with Gasteiger partial charge >= 0.3 is 12.0 Å². The molecule has 30 heavy (non-hydrogen) atoms. The molecule has 3 rings (SSSR count). The molecule has 0 spiro atoms. The molecule has 3 amide bonds. The van der Waals surface area contributed by atoms with Crippen molar-refractivity contribution in [3.05, 3.63) is 47.0 Å². The molecule has 1 aliphatic carbocycles. The number of fused-ring (bicyclic) bond motifs is 1. The van der Waals surface area contributed by atoms with Crippen molar-refractivity contribution in [2.75, 3.05) is 0 Å². The second-order valence-corrected chi connectivity index (χ2v) is 8.26.